The van der Waals surface area contributed by atoms with Crippen LogP contribution in [0.25, 0.3) is 0 Å². The predicted molar refractivity (Wildman–Crippen MR) is 72.6 cm³/mol. The Labute approximate surface area is 111 Å². The summed E-state index contributed by atoms with van der Waals surface area (Å²) in [5, 5.41) is 0. The standard InChI is InChI=1S/C15H15NO3/c16-13-4-2-1-3-11(13)7-8-17-12-5-6-14-15(9-12)19-10-18-14/h1-6,9H,7-8,10,16H2. The second-order valence-corrected chi connectivity index (χ2v) is 4.31. The minimum absolute atomic E-state index is 0.277. The van der Waals surface area contributed by atoms with Crippen LogP contribution >= 0.6 is 0 Å². The molecule has 0 aromatic heterocycles. The molecule has 0 unspecified atom stereocenters. The van der Waals surface area contributed by atoms with Crippen LogP contribution < -0.4 is 19.9 Å². The summed E-state index contributed by atoms with van der Waals surface area (Å²) >= 11 is 0. The zero-order valence-electron chi connectivity index (χ0n) is 10.5. The molecule has 19 heavy (non-hydrogen) atoms. The maximum atomic E-state index is 5.88. The third-order valence-corrected chi connectivity index (χ3v) is 3.04. The minimum atomic E-state index is 0.277. The van der Waals surface area contributed by atoms with Crippen LogP contribution in [-0.4, -0.2) is 13.4 Å². The van der Waals surface area contributed by atoms with E-state index in [1.807, 2.05) is 42.5 Å². The molecule has 3 rings (SSSR count). The van der Waals surface area contributed by atoms with Gasteiger partial charge in [-0.05, 0) is 23.8 Å². The molecule has 0 atom stereocenters. The molecule has 1 aliphatic rings. The monoisotopic (exact) mass is 257 g/mol. The third-order valence-electron chi connectivity index (χ3n) is 3.04. The first-order valence-electron chi connectivity index (χ1n) is 6.19. The van der Waals surface area contributed by atoms with Gasteiger partial charge in [0.05, 0.1) is 6.61 Å². The average molecular weight is 257 g/mol. The minimum Gasteiger partial charge on any atom is -0.493 e. The van der Waals surface area contributed by atoms with E-state index in [-0.39, 0.29) is 6.79 Å². The molecular weight excluding hydrogens is 242 g/mol. The second-order valence-electron chi connectivity index (χ2n) is 4.31. The molecule has 2 aromatic rings. The molecule has 4 nitrogen and oxygen atoms in total. The van der Waals surface area contributed by atoms with Gasteiger partial charge in [0.15, 0.2) is 11.5 Å². The Morgan fingerprint density at radius 2 is 1.89 bits per heavy atom. The van der Waals surface area contributed by atoms with Crippen LogP contribution in [0.4, 0.5) is 5.69 Å². The van der Waals surface area contributed by atoms with Crippen molar-refractivity contribution in [3.8, 4) is 17.2 Å². The van der Waals surface area contributed by atoms with Gasteiger partial charge in [-0.1, -0.05) is 18.2 Å². The lowest BCUT2D eigenvalue weighted by Crippen LogP contribution is -2.03. The van der Waals surface area contributed by atoms with E-state index >= 15 is 0 Å². The maximum absolute atomic E-state index is 5.88. The summed E-state index contributed by atoms with van der Waals surface area (Å²) in [4.78, 5) is 0. The number of nitrogen functional groups attached to an aromatic ring is 1. The van der Waals surface area contributed by atoms with E-state index in [1.165, 1.54) is 0 Å². The van der Waals surface area contributed by atoms with Gasteiger partial charge in [0.25, 0.3) is 0 Å². The predicted octanol–water partition coefficient (Wildman–Crippen LogP) is 2.62. The number of para-hydroxylation sites is 1. The summed E-state index contributed by atoms with van der Waals surface area (Å²) in [5.74, 6) is 2.27. The summed E-state index contributed by atoms with van der Waals surface area (Å²) in [6.07, 6.45) is 0.779. The Bertz CT molecular complexity index is 583. The highest BCUT2D eigenvalue weighted by molar-refractivity contribution is 5.47. The van der Waals surface area contributed by atoms with Crippen molar-refractivity contribution in [1.29, 1.82) is 0 Å². The Morgan fingerprint density at radius 1 is 1.05 bits per heavy atom. The van der Waals surface area contributed by atoms with Crippen molar-refractivity contribution in [2.45, 2.75) is 6.42 Å². The SMILES string of the molecule is Nc1ccccc1CCOc1ccc2c(c1)OCO2. The zero-order valence-corrected chi connectivity index (χ0v) is 10.5. The molecule has 0 bridgehead atoms. The normalized spacial score (nSPS) is 12.4. The molecular formula is C15H15NO3. The molecule has 4 heteroatoms. The number of fused-ring (bicyclic) bond motifs is 1. The summed E-state index contributed by atoms with van der Waals surface area (Å²) in [6, 6.07) is 13.4. The fraction of sp³-hybridized carbons (Fsp3) is 0.200. The van der Waals surface area contributed by atoms with Gasteiger partial charge in [-0.2, -0.15) is 0 Å². The molecule has 0 aliphatic carbocycles. The van der Waals surface area contributed by atoms with Crippen molar-refractivity contribution in [1.82, 2.24) is 0 Å². The molecule has 0 amide bonds. The lowest BCUT2D eigenvalue weighted by atomic mass is 10.1. The third kappa shape index (κ3) is 2.57. The van der Waals surface area contributed by atoms with Crippen LogP contribution in [0.2, 0.25) is 0 Å². The molecule has 98 valence electrons. The second kappa shape index (κ2) is 5.10. The highest BCUT2D eigenvalue weighted by atomic mass is 16.7. The maximum Gasteiger partial charge on any atom is 0.231 e. The first-order chi connectivity index (χ1) is 9.33. The molecule has 0 radical (unpaired) electrons. The summed E-state index contributed by atoms with van der Waals surface area (Å²) in [7, 11) is 0. The lowest BCUT2D eigenvalue weighted by Gasteiger charge is -2.08. The number of nitrogens with two attached hydrogens (primary N) is 1. The largest absolute Gasteiger partial charge is 0.493 e. The summed E-state index contributed by atoms with van der Waals surface area (Å²) in [6.45, 7) is 0.854. The topological polar surface area (TPSA) is 53.7 Å². The van der Waals surface area contributed by atoms with Crippen LogP contribution in [0, 0.1) is 0 Å². The lowest BCUT2D eigenvalue weighted by molar-refractivity contribution is 0.173. The quantitative estimate of drug-likeness (QED) is 0.855. The van der Waals surface area contributed by atoms with Gasteiger partial charge in [-0.15, -0.1) is 0 Å². The van der Waals surface area contributed by atoms with Gasteiger partial charge >= 0.3 is 0 Å². The van der Waals surface area contributed by atoms with Crippen molar-refractivity contribution in [3.05, 3.63) is 48.0 Å². The molecule has 0 fully saturated rings. The molecule has 1 aliphatic heterocycles. The van der Waals surface area contributed by atoms with E-state index in [1.54, 1.807) is 0 Å². The Balaban J connectivity index is 1.59. The molecule has 2 aromatic carbocycles. The molecule has 0 saturated carbocycles. The molecule has 1 heterocycles. The van der Waals surface area contributed by atoms with E-state index in [0.29, 0.717) is 6.61 Å². The molecule has 2 N–H and O–H groups in total. The molecule has 0 spiro atoms. The number of hydrogen-bond acceptors (Lipinski definition) is 4. The van der Waals surface area contributed by atoms with Crippen molar-refractivity contribution < 1.29 is 14.2 Å². The van der Waals surface area contributed by atoms with Gasteiger partial charge in [-0.25, -0.2) is 0 Å². The van der Waals surface area contributed by atoms with Gasteiger partial charge in [-0.3, -0.25) is 0 Å². The fourth-order valence-corrected chi connectivity index (χ4v) is 2.01. The van der Waals surface area contributed by atoms with Crippen LogP contribution in [0.15, 0.2) is 42.5 Å². The van der Waals surface area contributed by atoms with Crippen molar-refractivity contribution >= 4 is 5.69 Å². The van der Waals surface area contributed by atoms with E-state index in [0.717, 1.165) is 34.9 Å². The molecule has 0 saturated heterocycles. The Hall–Kier alpha value is -2.36. The van der Waals surface area contributed by atoms with Gasteiger partial charge < -0.3 is 19.9 Å². The smallest absolute Gasteiger partial charge is 0.231 e. The van der Waals surface area contributed by atoms with E-state index < -0.39 is 0 Å². The number of hydrogen-bond donors (Lipinski definition) is 1. The first-order valence-corrected chi connectivity index (χ1v) is 6.19. The highest BCUT2D eigenvalue weighted by Gasteiger charge is 2.13. The number of ether oxygens (including phenoxy) is 3. The fourth-order valence-electron chi connectivity index (χ4n) is 2.01. The van der Waals surface area contributed by atoms with Gasteiger partial charge in [0, 0.05) is 18.2 Å². The van der Waals surface area contributed by atoms with Crippen LogP contribution in [0.1, 0.15) is 5.56 Å². The number of benzene rings is 2. The van der Waals surface area contributed by atoms with Crippen molar-refractivity contribution in [3.63, 3.8) is 0 Å². The van der Waals surface area contributed by atoms with Gasteiger partial charge in [0.1, 0.15) is 5.75 Å². The van der Waals surface area contributed by atoms with Crippen molar-refractivity contribution in [2.24, 2.45) is 0 Å². The van der Waals surface area contributed by atoms with Gasteiger partial charge in [0.2, 0.25) is 6.79 Å². The van der Waals surface area contributed by atoms with E-state index in [9.17, 15) is 0 Å². The van der Waals surface area contributed by atoms with E-state index in [4.69, 9.17) is 19.9 Å². The van der Waals surface area contributed by atoms with Crippen LogP contribution in [0.3, 0.4) is 0 Å². The highest BCUT2D eigenvalue weighted by Crippen LogP contribution is 2.35. The Morgan fingerprint density at radius 3 is 2.79 bits per heavy atom. The Kier molecular flexibility index (Phi) is 3.14. The van der Waals surface area contributed by atoms with E-state index in [2.05, 4.69) is 0 Å². The zero-order chi connectivity index (χ0) is 13.1. The van der Waals surface area contributed by atoms with Crippen molar-refractivity contribution in [2.75, 3.05) is 19.1 Å². The number of rotatable bonds is 4. The van der Waals surface area contributed by atoms with Crippen LogP contribution in [-0.2, 0) is 6.42 Å². The van der Waals surface area contributed by atoms with Crippen LogP contribution in [0.5, 0.6) is 17.2 Å². The number of anilines is 1. The average Bonchev–Trinajstić information content (AvgIpc) is 2.88. The summed E-state index contributed by atoms with van der Waals surface area (Å²) < 4.78 is 16.2. The first kappa shape index (κ1) is 11.7. The summed E-state index contributed by atoms with van der Waals surface area (Å²) in [5.41, 5.74) is 7.78.